The largest absolute Gasteiger partial charge is 0.386 e. The number of hydrogen-bond donors (Lipinski definition) is 1. The number of aliphatic hydroxyl groups is 1. The van der Waals surface area contributed by atoms with Crippen LogP contribution in [0.1, 0.15) is 34.1 Å². The first-order valence-corrected chi connectivity index (χ1v) is 9.93. The minimum absolute atomic E-state index is 0.109. The first kappa shape index (κ1) is 17.9. The minimum atomic E-state index is -1.88. The van der Waals surface area contributed by atoms with Gasteiger partial charge >= 0.3 is 0 Å². The molecule has 0 heterocycles. The Morgan fingerprint density at radius 2 is 1.35 bits per heavy atom. The van der Waals surface area contributed by atoms with Gasteiger partial charge in [0.2, 0.25) is 9.04 Å². The second-order valence-corrected chi connectivity index (χ2v) is 9.84. The quantitative estimate of drug-likeness (QED) is 0.652. The van der Waals surface area contributed by atoms with E-state index in [2.05, 4.69) is 52.0 Å². The summed E-state index contributed by atoms with van der Waals surface area (Å²) < 4.78 is 6.22. The van der Waals surface area contributed by atoms with Crippen LogP contribution in [-0.4, -0.2) is 20.4 Å². The smallest absolute Gasteiger partial charge is 0.243 e. The summed E-state index contributed by atoms with van der Waals surface area (Å²) >= 11 is 0. The van der Waals surface area contributed by atoms with Gasteiger partial charge in [0.15, 0.2) is 0 Å². The molecule has 2 aromatic rings. The molecule has 2 aromatic carbocycles. The van der Waals surface area contributed by atoms with E-state index in [0.717, 1.165) is 6.42 Å². The van der Waals surface area contributed by atoms with E-state index >= 15 is 0 Å². The van der Waals surface area contributed by atoms with Crippen molar-refractivity contribution >= 4 is 19.4 Å². The maximum absolute atomic E-state index is 10.6. The molecule has 0 aliphatic rings. The van der Waals surface area contributed by atoms with Gasteiger partial charge in [0, 0.05) is 5.92 Å². The van der Waals surface area contributed by atoms with Crippen molar-refractivity contribution in [3.8, 4) is 0 Å². The van der Waals surface area contributed by atoms with Gasteiger partial charge in [-0.15, -0.1) is 0 Å². The van der Waals surface area contributed by atoms with Crippen LogP contribution < -0.4 is 10.4 Å². The summed E-state index contributed by atoms with van der Waals surface area (Å²) in [5.41, 5.74) is 0.181. The lowest BCUT2D eigenvalue weighted by atomic mass is 9.85. The van der Waals surface area contributed by atoms with Crippen LogP contribution in [0.15, 0.2) is 60.7 Å². The second kappa shape index (κ2) is 7.91. The zero-order chi connectivity index (χ0) is 16.9. The highest BCUT2D eigenvalue weighted by Crippen LogP contribution is 2.26. The fourth-order valence-corrected chi connectivity index (χ4v) is 5.34. The first-order valence-electron chi connectivity index (χ1n) is 8.30. The Morgan fingerprint density at radius 1 is 0.913 bits per heavy atom. The third-order valence-electron chi connectivity index (χ3n) is 3.90. The van der Waals surface area contributed by atoms with E-state index in [9.17, 15) is 5.11 Å². The standard InChI is InChI=1S/C20H28O2Si/c1-16(15-20(2,3)4)19(21)22-23(17-11-7-5-8-12-17)18-13-9-6-10-14-18/h5-14,16,19,21,23H,15H2,1-4H3/t16?,19-/m1/s1. The van der Waals surface area contributed by atoms with Gasteiger partial charge in [0.1, 0.15) is 6.29 Å². The van der Waals surface area contributed by atoms with Crippen molar-refractivity contribution in [1.29, 1.82) is 0 Å². The highest BCUT2D eigenvalue weighted by Gasteiger charge is 2.27. The molecule has 0 aliphatic carbocycles. The van der Waals surface area contributed by atoms with Gasteiger partial charge in [0.05, 0.1) is 0 Å². The lowest BCUT2D eigenvalue weighted by Crippen LogP contribution is -2.48. The molecule has 1 N–H and O–H groups in total. The molecule has 0 spiro atoms. The molecular formula is C20H28O2Si. The van der Waals surface area contributed by atoms with Crippen LogP contribution in [0.4, 0.5) is 0 Å². The summed E-state index contributed by atoms with van der Waals surface area (Å²) in [4.78, 5) is 0. The lowest BCUT2D eigenvalue weighted by molar-refractivity contribution is -0.0670. The van der Waals surface area contributed by atoms with Crippen LogP contribution >= 0.6 is 0 Å². The van der Waals surface area contributed by atoms with Crippen LogP contribution in [0.5, 0.6) is 0 Å². The summed E-state index contributed by atoms with van der Waals surface area (Å²) in [5, 5.41) is 13.0. The zero-order valence-corrected chi connectivity index (χ0v) is 15.7. The van der Waals surface area contributed by atoms with Crippen molar-refractivity contribution in [2.45, 2.75) is 40.4 Å². The molecule has 23 heavy (non-hydrogen) atoms. The van der Waals surface area contributed by atoms with Gasteiger partial charge in [-0.2, -0.15) is 0 Å². The minimum Gasteiger partial charge on any atom is -0.386 e. The van der Waals surface area contributed by atoms with Crippen molar-refractivity contribution < 1.29 is 9.53 Å². The molecule has 1 unspecified atom stereocenters. The molecule has 2 nitrogen and oxygen atoms in total. The van der Waals surface area contributed by atoms with E-state index in [1.165, 1.54) is 10.4 Å². The van der Waals surface area contributed by atoms with Gasteiger partial charge in [-0.05, 0) is 22.2 Å². The maximum atomic E-state index is 10.6. The summed E-state index contributed by atoms with van der Waals surface area (Å²) in [6.07, 6.45) is 0.199. The molecular weight excluding hydrogens is 300 g/mol. The van der Waals surface area contributed by atoms with E-state index in [-0.39, 0.29) is 11.3 Å². The summed E-state index contributed by atoms with van der Waals surface area (Å²) in [6, 6.07) is 20.6. The maximum Gasteiger partial charge on any atom is 0.243 e. The van der Waals surface area contributed by atoms with Crippen molar-refractivity contribution in [3.05, 3.63) is 60.7 Å². The topological polar surface area (TPSA) is 29.5 Å². The van der Waals surface area contributed by atoms with E-state index in [1.807, 2.05) is 36.4 Å². The molecule has 124 valence electrons. The normalized spacial score (nSPS) is 14.7. The van der Waals surface area contributed by atoms with Gasteiger partial charge in [-0.3, -0.25) is 0 Å². The van der Waals surface area contributed by atoms with Crippen LogP contribution in [0.25, 0.3) is 0 Å². The van der Waals surface area contributed by atoms with Gasteiger partial charge in [-0.1, -0.05) is 88.4 Å². The Kier molecular flexibility index (Phi) is 6.16. The Morgan fingerprint density at radius 3 is 1.74 bits per heavy atom. The zero-order valence-electron chi connectivity index (χ0n) is 14.6. The second-order valence-electron chi connectivity index (χ2n) is 7.47. The molecule has 0 amide bonds. The van der Waals surface area contributed by atoms with E-state index < -0.39 is 15.3 Å². The number of aliphatic hydroxyl groups excluding tert-OH is 1. The van der Waals surface area contributed by atoms with E-state index in [0.29, 0.717) is 0 Å². The highest BCUT2D eigenvalue weighted by molar-refractivity contribution is 6.80. The fourth-order valence-electron chi connectivity index (χ4n) is 2.95. The average molecular weight is 329 g/mol. The van der Waals surface area contributed by atoms with E-state index in [1.54, 1.807) is 0 Å². The molecule has 0 saturated carbocycles. The van der Waals surface area contributed by atoms with Crippen molar-refractivity contribution in [2.75, 3.05) is 0 Å². The predicted octanol–water partition coefficient (Wildman–Crippen LogP) is 2.93. The number of hydrogen-bond acceptors (Lipinski definition) is 2. The van der Waals surface area contributed by atoms with Gasteiger partial charge in [-0.25, -0.2) is 0 Å². The van der Waals surface area contributed by atoms with Gasteiger partial charge < -0.3 is 9.53 Å². The number of rotatable bonds is 6. The first-order chi connectivity index (χ1) is 10.9. The van der Waals surface area contributed by atoms with E-state index in [4.69, 9.17) is 4.43 Å². The van der Waals surface area contributed by atoms with Crippen LogP contribution in [0.2, 0.25) is 0 Å². The molecule has 2 atom stereocenters. The Hall–Kier alpha value is -1.42. The molecule has 0 radical (unpaired) electrons. The molecule has 2 rings (SSSR count). The van der Waals surface area contributed by atoms with Crippen LogP contribution in [0, 0.1) is 11.3 Å². The van der Waals surface area contributed by atoms with Gasteiger partial charge in [0.25, 0.3) is 0 Å². The molecule has 0 aromatic heterocycles. The summed E-state index contributed by atoms with van der Waals surface area (Å²) in [7, 11) is -1.88. The van der Waals surface area contributed by atoms with Crippen LogP contribution in [-0.2, 0) is 4.43 Å². The summed E-state index contributed by atoms with van der Waals surface area (Å²) in [5.74, 6) is 0.109. The SMILES string of the molecule is CC(CC(C)(C)C)[C@H](O)O[SiH](c1ccccc1)c1ccccc1. The monoisotopic (exact) mass is 328 g/mol. The fraction of sp³-hybridized carbons (Fsp3) is 0.400. The molecule has 3 heteroatoms. The predicted molar refractivity (Wildman–Crippen MR) is 99.6 cm³/mol. The third kappa shape index (κ3) is 5.61. The van der Waals surface area contributed by atoms with Crippen molar-refractivity contribution in [1.82, 2.24) is 0 Å². The summed E-state index contributed by atoms with van der Waals surface area (Å²) in [6.45, 7) is 8.65. The molecule has 0 saturated heterocycles. The molecule has 0 fully saturated rings. The van der Waals surface area contributed by atoms with Crippen molar-refractivity contribution in [2.24, 2.45) is 11.3 Å². The third-order valence-corrected chi connectivity index (χ3v) is 6.43. The highest BCUT2D eigenvalue weighted by atomic mass is 28.3. The lowest BCUT2D eigenvalue weighted by Gasteiger charge is -2.29. The molecule has 0 bridgehead atoms. The Balaban J connectivity index is 2.19. The van der Waals surface area contributed by atoms with Crippen molar-refractivity contribution in [3.63, 3.8) is 0 Å². The number of benzene rings is 2. The molecule has 0 aliphatic heterocycles. The average Bonchev–Trinajstić information content (AvgIpc) is 2.52. The Labute approximate surface area is 141 Å². The van der Waals surface area contributed by atoms with Crippen LogP contribution in [0.3, 0.4) is 0 Å². The Bertz CT molecular complexity index is 538.